The number of nitrogens with zero attached hydrogens (tertiary/aromatic N) is 2. The van der Waals surface area contributed by atoms with Crippen molar-refractivity contribution in [1.82, 2.24) is 5.43 Å². The van der Waals surface area contributed by atoms with E-state index >= 15 is 0 Å². The number of carbonyl (C=O) groups excluding carboxylic acids is 2. The Hall–Kier alpha value is -4.31. The summed E-state index contributed by atoms with van der Waals surface area (Å²) in [5, 5.41) is 15.5. The van der Waals surface area contributed by atoms with Gasteiger partial charge in [0, 0.05) is 27.8 Å². The minimum Gasteiger partial charge on any atom is -0.465 e. The standard InChI is InChI=1S/C23H17N3O6S/c1-13-9-14(23(28)31-2)3-6-18(13)19-7-5-17(32-19)12-24-25-22(27)21-11-15-10-16(26(29)30)4-8-20(15)33-21/h3-12H,1-2H3,(H,25,27). The van der Waals surface area contributed by atoms with Crippen molar-refractivity contribution in [2.24, 2.45) is 5.10 Å². The molecule has 166 valence electrons. The van der Waals surface area contributed by atoms with Crippen LogP contribution in [0.1, 0.15) is 31.4 Å². The fraction of sp³-hybridized carbons (Fsp3) is 0.0870. The van der Waals surface area contributed by atoms with Gasteiger partial charge >= 0.3 is 5.97 Å². The van der Waals surface area contributed by atoms with Crippen molar-refractivity contribution >= 4 is 45.2 Å². The molecule has 0 spiro atoms. The van der Waals surface area contributed by atoms with Crippen LogP contribution in [-0.2, 0) is 4.74 Å². The molecule has 0 aliphatic carbocycles. The summed E-state index contributed by atoms with van der Waals surface area (Å²) in [7, 11) is 1.33. The van der Waals surface area contributed by atoms with E-state index in [1.807, 2.05) is 6.92 Å². The number of furan rings is 1. The molecule has 0 bridgehead atoms. The van der Waals surface area contributed by atoms with E-state index in [1.54, 1.807) is 42.5 Å². The van der Waals surface area contributed by atoms with Crippen LogP contribution in [0.2, 0.25) is 0 Å². The van der Waals surface area contributed by atoms with Gasteiger partial charge in [-0.25, -0.2) is 10.2 Å². The molecule has 1 amide bonds. The molecule has 4 rings (SSSR count). The highest BCUT2D eigenvalue weighted by Gasteiger charge is 2.14. The molecular weight excluding hydrogens is 446 g/mol. The zero-order valence-corrected chi connectivity index (χ0v) is 18.3. The number of carbonyl (C=O) groups is 2. The quantitative estimate of drug-likeness (QED) is 0.187. The van der Waals surface area contributed by atoms with Crippen molar-refractivity contribution in [3.63, 3.8) is 0 Å². The lowest BCUT2D eigenvalue weighted by Gasteiger charge is -2.05. The monoisotopic (exact) mass is 463 g/mol. The van der Waals surface area contributed by atoms with Gasteiger partial charge in [-0.1, -0.05) is 6.07 Å². The summed E-state index contributed by atoms with van der Waals surface area (Å²) < 4.78 is 11.3. The highest BCUT2D eigenvalue weighted by Crippen LogP contribution is 2.29. The smallest absolute Gasteiger partial charge is 0.337 e. The number of fused-ring (bicyclic) bond motifs is 1. The summed E-state index contributed by atoms with van der Waals surface area (Å²) in [4.78, 5) is 34.9. The van der Waals surface area contributed by atoms with Crippen molar-refractivity contribution in [2.75, 3.05) is 7.11 Å². The molecule has 0 saturated heterocycles. The number of nitro benzene ring substituents is 1. The van der Waals surface area contributed by atoms with Gasteiger partial charge < -0.3 is 9.15 Å². The Bertz CT molecular complexity index is 1420. The number of nitro groups is 1. The third-order valence-electron chi connectivity index (χ3n) is 4.83. The number of methoxy groups -OCH3 is 1. The molecule has 2 aromatic heterocycles. The van der Waals surface area contributed by atoms with Crippen LogP contribution in [-0.4, -0.2) is 30.1 Å². The van der Waals surface area contributed by atoms with Crippen LogP contribution in [0.25, 0.3) is 21.4 Å². The Morgan fingerprint density at radius 1 is 1.15 bits per heavy atom. The van der Waals surface area contributed by atoms with E-state index in [2.05, 4.69) is 10.5 Å². The van der Waals surface area contributed by atoms with Crippen LogP contribution in [0.4, 0.5) is 5.69 Å². The van der Waals surface area contributed by atoms with Crippen LogP contribution in [0.3, 0.4) is 0 Å². The van der Waals surface area contributed by atoms with Crippen LogP contribution in [0.5, 0.6) is 0 Å². The predicted octanol–water partition coefficient (Wildman–Crippen LogP) is 4.93. The lowest BCUT2D eigenvalue weighted by Crippen LogP contribution is -2.15. The fourth-order valence-corrected chi connectivity index (χ4v) is 4.15. The Morgan fingerprint density at radius 2 is 1.97 bits per heavy atom. The molecule has 1 N–H and O–H groups in total. The number of hydrazone groups is 1. The fourth-order valence-electron chi connectivity index (χ4n) is 3.22. The highest BCUT2D eigenvalue weighted by atomic mass is 32.1. The second-order valence-electron chi connectivity index (χ2n) is 7.01. The number of thiophene rings is 1. The first-order chi connectivity index (χ1) is 15.9. The summed E-state index contributed by atoms with van der Waals surface area (Å²) in [6, 6.07) is 14.6. The molecular formula is C23H17N3O6S. The number of hydrogen-bond donors (Lipinski definition) is 1. The third kappa shape index (κ3) is 4.65. The van der Waals surface area contributed by atoms with Gasteiger partial charge in [0.25, 0.3) is 11.6 Å². The average molecular weight is 463 g/mol. The maximum atomic E-state index is 12.4. The molecule has 0 saturated carbocycles. The molecule has 0 atom stereocenters. The summed E-state index contributed by atoms with van der Waals surface area (Å²) in [6.45, 7) is 1.86. The summed E-state index contributed by atoms with van der Waals surface area (Å²) in [5.74, 6) is 0.164. The van der Waals surface area contributed by atoms with Gasteiger partial charge in [-0.3, -0.25) is 14.9 Å². The van der Waals surface area contributed by atoms with E-state index in [9.17, 15) is 19.7 Å². The average Bonchev–Trinajstić information content (AvgIpc) is 3.45. The first-order valence-electron chi connectivity index (χ1n) is 9.66. The molecule has 0 radical (unpaired) electrons. The maximum absolute atomic E-state index is 12.4. The number of nitrogens with one attached hydrogen (secondary N) is 1. The number of rotatable bonds is 6. The molecule has 2 heterocycles. The largest absolute Gasteiger partial charge is 0.465 e. The Kier molecular flexibility index (Phi) is 6.01. The van der Waals surface area contributed by atoms with Crippen LogP contribution >= 0.6 is 11.3 Å². The Labute approximate surface area is 191 Å². The Balaban J connectivity index is 1.44. The van der Waals surface area contributed by atoms with Crippen molar-refractivity contribution < 1.29 is 23.7 Å². The minimum absolute atomic E-state index is 0.0333. The SMILES string of the molecule is COC(=O)c1ccc(-c2ccc(C=NNC(=O)c3cc4cc([N+](=O)[O-])ccc4s3)o2)c(C)c1. The van der Waals surface area contributed by atoms with Gasteiger partial charge in [0.05, 0.1) is 28.7 Å². The topological polar surface area (TPSA) is 124 Å². The predicted molar refractivity (Wildman–Crippen MR) is 124 cm³/mol. The van der Waals surface area contributed by atoms with E-state index in [0.29, 0.717) is 27.3 Å². The lowest BCUT2D eigenvalue weighted by atomic mass is 10.0. The summed E-state index contributed by atoms with van der Waals surface area (Å²) in [6.07, 6.45) is 1.37. The van der Waals surface area contributed by atoms with E-state index < -0.39 is 16.8 Å². The Morgan fingerprint density at radius 3 is 2.70 bits per heavy atom. The molecule has 0 unspecified atom stereocenters. The number of ether oxygens (including phenoxy) is 1. The van der Waals surface area contributed by atoms with Crippen molar-refractivity contribution in [2.45, 2.75) is 6.92 Å². The number of hydrogen-bond acceptors (Lipinski definition) is 8. The summed E-state index contributed by atoms with van der Waals surface area (Å²) >= 11 is 1.21. The number of benzene rings is 2. The molecule has 9 nitrogen and oxygen atoms in total. The van der Waals surface area contributed by atoms with Gasteiger partial charge in [0.1, 0.15) is 11.5 Å². The minimum atomic E-state index is -0.478. The van der Waals surface area contributed by atoms with Gasteiger partial charge in [0.15, 0.2) is 0 Å². The first kappa shape index (κ1) is 21.9. The zero-order valence-electron chi connectivity index (χ0n) is 17.5. The second kappa shape index (κ2) is 9.05. The number of amides is 1. The van der Waals surface area contributed by atoms with Crippen molar-refractivity contribution in [1.29, 1.82) is 0 Å². The maximum Gasteiger partial charge on any atom is 0.337 e. The van der Waals surface area contributed by atoms with Crippen LogP contribution in [0.15, 0.2) is 64.1 Å². The van der Waals surface area contributed by atoms with E-state index in [0.717, 1.165) is 15.8 Å². The molecule has 0 fully saturated rings. The molecule has 10 heteroatoms. The highest BCUT2D eigenvalue weighted by molar-refractivity contribution is 7.20. The second-order valence-corrected chi connectivity index (χ2v) is 8.10. The summed E-state index contributed by atoms with van der Waals surface area (Å²) in [5.41, 5.74) is 4.50. The number of aryl methyl sites for hydroxylation is 1. The molecule has 2 aromatic carbocycles. The molecule has 0 aliphatic heterocycles. The van der Waals surface area contributed by atoms with Gasteiger partial charge in [0.2, 0.25) is 0 Å². The number of non-ortho nitro benzene ring substituents is 1. The van der Waals surface area contributed by atoms with E-state index in [1.165, 1.54) is 36.8 Å². The van der Waals surface area contributed by atoms with Gasteiger partial charge in [-0.15, -0.1) is 11.3 Å². The van der Waals surface area contributed by atoms with Crippen LogP contribution < -0.4 is 5.43 Å². The van der Waals surface area contributed by atoms with Crippen molar-refractivity contribution in [3.8, 4) is 11.3 Å². The van der Waals surface area contributed by atoms with Gasteiger partial charge in [-0.05, 0) is 48.9 Å². The van der Waals surface area contributed by atoms with Gasteiger partial charge in [-0.2, -0.15) is 5.10 Å². The van der Waals surface area contributed by atoms with E-state index in [-0.39, 0.29) is 5.69 Å². The third-order valence-corrected chi connectivity index (χ3v) is 5.95. The molecule has 4 aromatic rings. The molecule has 0 aliphatic rings. The molecule has 33 heavy (non-hydrogen) atoms. The first-order valence-corrected chi connectivity index (χ1v) is 10.5. The van der Waals surface area contributed by atoms with Crippen LogP contribution in [0, 0.1) is 17.0 Å². The lowest BCUT2D eigenvalue weighted by molar-refractivity contribution is -0.384. The zero-order chi connectivity index (χ0) is 23.5. The number of esters is 1. The van der Waals surface area contributed by atoms with Crippen molar-refractivity contribution in [3.05, 3.63) is 86.5 Å². The normalized spacial score (nSPS) is 11.1. The van der Waals surface area contributed by atoms with E-state index in [4.69, 9.17) is 9.15 Å².